The van der Waals surface area contributed by atoms with Crippen LogP contribution in [0.4, 0.5) is 0 Å². The molecule has 1 aromatic heterocycles. The van der Waals surface area contributed by atoms with Crippen molar-refractivity contribution in [2.75, 3.05) is 6.61 Å². The van der Waals surface area contributed by atoms with Crippen molar-refractivity contribution >= 4 is 16.7 Å². The van der Waals surface area contributed by atoms with E-state index in [1.54, 1.807) is 6.20 Å². The normalized spacial score (nSPS) is 29.9. The fourth-order valence-electron chi connectivity index (χ4n) is 4.42. The molecule has 4 rings (SSSR count). The van der Waals surface area contributed by atoms with Crippen LogP contribution in [0.3, 0.4) is 0 Å². The van der Waals surface area contributed by atoms with Crippen LogP contribution in [-0.4, -0.2) is 28.6 Å². The summed E-state index contributed by atoms with van der Waals surface area (Å²) in [5.74, 6) is 1.17. The Balaban J connectivity index is 1.62. The molecule has 1 amide bonds. The lowest BCUT2D eigenvalue weighted by Crippen LogP contribution is -2.45. The molecule has 2 aromatic rings. The van der Waals surface area contributed by atoms with E-state index in [0.29, 0.717) is 17.5 Å². The first-order valence-corrected chi connectivity index (χ1v) is 8.03. The predicted octanol–water partition coefficient (Wildman–Crippen LogP) is 2.37. The number of pyridine rings is 1. The summed E-state index contributed by atoms with van der Waals surface area (Å²) in [5, 5.41) is 14.7. The van der Waals surface area contributed by atoms with Crippen molar-refractivity contribution in [1.29, 1.82) is 0 Å². The smallest absolute Gasteiger partial charge is 0.270 e. The van der Waals surface area contributed by atoms with Crippen LogP contribution in [0.25, 0.3) is 10.8 Å². The maximum absolute atomic E-state index is 12.7. The van der Waals surface area contributed by atoms with Crippen molar-refractivity contribution < 1.29 is 9.90 Å². The second-order valence-corrected chi connectivity index (χ2v) is 6.56. The minimum Gasteiger partial charge on any atom is -0.396 e. The molecule has 22 heavy (non-hydrogen) atoms. The van der Waals surface area contributed by atoms with Gasteiger partial charge in [0.25, 0.3) is 5.91 Å². The molecule has 2 aliphatic rings. The van der Waals surface area contributed by atoms with Gasteiger partial charge < -0.3 is 10.4 Å². The van der Waals surface area contributed by atoms with Crippen LogP contribution in [0.1, 0.15) is 29.8 Å². The monoisotopic (exact) mass is 296 g/mol. The zero-order chi connectivity index (χ0) is 15.1. The van der Waals surface area contributed by atoms with Crippen LogP contribution in [-0.2, 0) is 0 Å². The first kappa shape index (κ1) is 13.7. The van der Waals surface area contributed by atoms with E-state index in [9.17, 15) is 9.90 Å². The van der Waals surface area contributed by atoms with Gasteiger partial charge in [0.1, 0.15) is 5.69 Å². The number of benzene rings is 1. The summed E-state index contributed by atoms with van der Waals surface area (Å²) >= 11 is 0. The third-order valence-corrected chi connectivity index (χ3v) is 5.49. The van der Waals surface area contributed by atoms with Crippen LogP contribution in [0.2, 0.25) is 0 Å². The lowest BCUT2D eigenvalue weighted by molar-refractivity contribution is 0.0858. The number of nitrogens with one attached hydrogen (secondary N) is 1. The minimum atomic E-state index is -0.118. The number of amides is 1. The molecule has 2 bridgehead atoms. The summed E-state index contributed by atoms with van der Waals surface area (Å²) in [6.07, 6.45) is 5.17. The van der Waals surface area contributed by atoms with Crippen molar-refractivity contribution in [3.8, 4) is 0 Å². The topological polar surface area (TPSA) is 62.2 Å². The van der Waals surface area contributed by atoms with Gasteiger partial charge in [-0.15, -0.1) is 0 Å². The van der Waals surface area contributed by atoms with Crippen LogP contribution >= 0.6 is 0 Å². The van der Waals surface area contributed by atoms with Crippen LogP contribution < -0.4 is 5.32 Å². The number of hydrogen-bond donors (Lipinski definition) is 2. The van der Waals surface area contributed by atoms with Gasteiger partial charge in [0.05, 0.1) is 0 Å². The Kier molecular flexibility index (Phi) is 3.34. The van der Waals surface area contributed by atoms with Gasteiger partial charge in [0.2, 0.25) is 0 Å². The molecule has 2 aliphatic carbocycles. The average molecular weight is 296 g/mol. The largest absolute Gasteiger partial charge is 0.396 e. The Morgan fingerprint density at radius 1 is 1.23 bits per heavy atom. The summed E-state index contributed by atoms with van der Waals surface area (Å²) < 4.78 is 0. The SMILES string of the molecule is O=C(NC1C2CCC(C2)C1CO)c1nccc2ccccc12. The third-order valence-electron chi connectivity index (χ3n) is 5.49. The quantitative estimate of drug-likeness (QED) is 0.914. The lowest BCUT2D eigenvalue weighted by Gasteiger charge is -2.30. The highest BCUT2D eigenvalue weighted by atomic mass is 16.3. The number of aliphatic hydroxyl groups is 1. The van der Waals surface area contributed by atoms with Crippen molar-refractivity contribution in [2.45, 2.75) is 25.3 Å². The molecule has 114 valence electrons. The van der Waals surface area contributed by atoms with Gasteiger partial charge >= 0.3 is 0 Å². The van der Waals surface area contributed by atoms with E-state index in [2.05, 4.69) is 10.3 Å². The maximum Gasteiger partial charge on any atom is 0.270 e. The molecule has 4 atom stereocenters. The number of nitrogens with zero attached hydrogens (tertiary/aromatic N) is 1. The Morgan fingerprint density at radius 2 is 2.05 bits per heavy atom. The highest BCUT2D eigenvalue weighted by Crippen LogP contribution is 2.48. The molecule has 2 fully saturated rings. The minimum absolute atomic E-state index is 0.0945. The standard InChI is InChI=1S/C18H20N2O2/c21-10-15-12-5-6-13(9-12)16(15)20-18(22)17-14-4-2-1-3-11(14)7-8-19-17/h1-4,7-8,12-13,15-16,21H,5-6,9-10H2,(H,20,22). The van der Waals surface area contributed by atoms with Crippen molar-refractivity contribution in [3.63, 3.8) is 0 Å². The van der Waals surface area contributed by atoms with Crippen molar-refractivity contribution in [2.24, 2.45) is 17.8 Å². The van der Waals surface area contributed by atoms with Crippen LogP contribution in [0.15, 0.2) is 36.5 Å². The molecule has 2 N–H and O–H groups in total. The summed E-state index contributed by atoms with van der Waals surface area (Å²) in [7, 11) is 0. The molecule has 1 aromatic carbocycles. The Hall–Kier alpha value is -1.94. The van der Waals surface area contributed by atoms with E-state index in [1.165, 1.54) is 6.42 Å². The number of fused-ring (bicyclic) bond motifs is 3. The molecular formula is C18H20N2O2. The molecule has 2 saturated carbocycles. The number of hydrogen-bond acceptors (Lipinski definition) is 3. The Bertz CT molecular complexity index is 710. The fraction of sp³-hybridized carbons (Fsp3) is 0.444. The van der Waals surface area contributed by atoms with Gasteiger partial charge in [-0.05, 0) is 42.6 Å². The maximum atomic E-state index is 12.7. The van der Waals surface area contributed by atoms with Gasteiger partial charge in [-0.25, -0.2) is 0 Å². The molecule has 0 aliphatic heterocycles. The second kappa shape index (κ2) is 5.36. The Labute approximate surface area is 129 Å². The number of carbonyl (C=O) groups is 1. The zero-order valence-electron chi connectivity index (χ0n) is 12.4. The van der Waals surface area contributed by atoms with Gasteiger partial charge in [-0.3, -0.25) is 9.78 Å². The van der Waals surface area contributed by atoms with E-state index in [0.717, 1.165) is 23.6 Å². The van der Waals surface area contributed by atoms with E-state index in [-0.39, 0.29) is 24.5 Å². The van der Waals surface area contributed by atoms with Crippen molar-refractivity contribution in [3.05, 3.63) is 42.2 Å². The molecule has 0 saturated heterocycles. The number of rotatable bonds is 3. The molecule has 4 heteroatoms. The van der Waals surface area contributed by atoms with Gasteiger partial charge in [-0.2, -0.15) is 0 Å². The van der Waals surface area contributed by atoms with Crippen molar-refractivity contribution in [1.82, 2.24) is 10.3 Å². The predicted molar refractivity (Wildman–Crippen MR) is 84.4 cm³/mol. The zero-order valence-corrected chi connectivity index (χ0v) is 12.4. The summed E-state index contributed by atoms with van der Waals surface area (Å²) in [6, 6.07) is 9.82. The summed E-state index contributed by atoms with van der Waals surface area (Å²) in [6.45, 7) is 0.162. The number of carbonyl (C=O) groups excluding carboxylic acids is 1. The molecule has 0 radical (unpaired) electrons. The van der Waals surface area contributed by atoms with Gasteiger partial charge in [0.15, 0.2) is 0 Å². The molecule has 4 nitrogen and oxygen atoms in total. The lowest BCUT2D eigenvalue weighted by atomic mass is 9.85. The molecule has 1 heterocycles. The molecular weight excluding hydrogens is 276 g/mol. The summed E-state index contributed by atoms with van der Waals surface area (Å²) in [5.41, 5.74) is 0.484. The first-order valence-electron chi connectivity index (χ1n) is 8.03. The van der Waals surface area contributed by atoms with E-state index in [1.807, 2.05) is 30.3 Å². The summed E-state index contributed by atoms with van der Waals surface area (Å²) in [4.78, 5) is 17.0. The van der Waals surface area contributed by atoms with Gasteiger partial charge in [0, 0.05) is 30.1 Å². The number of aromatic nitrogens is 1. The number of aliphatic hydroxyl groups excluding tert-OH is 1. The van der Waals surface area contributed by atoms with Crippen LogP contribution in [0, 0.1) is 17.8 Å². The fourth-order valence-corrected chi connectivity index (χ4v) is 4.42. The third kappa shape index (κ3) is 2.10. The van der Waals surface area contributed by atoms with Gasteiger partial charge in [-0.1, -0.05) is 24.3 Å². The van der Waals surface area contributed by atoms with E-state index >= 15 is 0 Å². The van der Waals surface area contributed by atoms with Crippen LogP contribution in [0.5, 0.6) is 0 Å². The second-order valence-electron chi connectivity index (χ2n) is 6.56. The van der Waals surface area contributed by atoms with E-state index in [4.69, 9.17) is 0 Å². The highest BCUT2D eigenvalue weighted by molar-refractivity contribution is 6.05. The first-order chi connectivity index (χ1) is 10.8. The molecule has 0 spiro atoms. The Morgan fingerprint density at radius 3 is 2.91 bits per heavy atom. The highest BCUT2D eigenvalue weighted by Gasteiger charge is 2.47. The molecule has 4 unspecified atom stereocenters. The average Bonchev–Trinajstić information content (AvgIpc) is 3.15. The van der Waals surface area contributed by atoms with E-state index < -0.39 is 0 Å².